The summed E-state index contributed by atoms with van der Waals surface area (Å²) < 4.78 is 0. The maximum atomic E-state index is 2.71. The average molecular weight is 266 g/mol. The Balaban J connectivity index is 2.83. The van der Waals surface area contributed by atoms with Crippen LogP contribution in [0.5, 0.6) is 0 Å². The standard InChI is InChI=1S/C16H35BN2/c1-12(2)16(7,8)19-10-9-18(14(19)4)15(5,6)11-13(3)17/h12-14H,9-11,17H2,1-8H3. The van der Waals surface area contributed by atoms with Crippen molar-refractivity contribution < 1.29 is 0 Å². The number of nitrogens with zero attached hydrogens (tertiary/aromatic N) is 2. The minimum absolute atomic E-state index is 0.280. The van der Waals surface area contributed by atoms with E-state index in [2.05, 4.69) is 73.0 Å². The topological polar surface area (TPSA) is 6.48 Å². The largest absolute Gasteiger partial charge is 0.282 e. The molecule has 0 spiro atoms. The van der Waals surface area contributed by atoms with Gasteiger partial charge in [0.15, 0.2) is 0 Å². The van der Waals surface area contributed by atoms with Crippen molar-refractivity contribution in [2.75, 3.05) is 13.1 Å². The summed E-state index contributed by atoms with van der Waals surface area (Å²) in [6.45, 7) is 21.4. The Morgan fingerprint density at radius 3 is 1.95 bits per heavy atom. The van der Waals surface area contributed by atoms with Gasteiger partial charge in [0.2, 0.25) is 0 Å². The molecular weight excluding hydrogens is 231 g/mol. The molecule has 112 valence electrons. The van der Waals surface area contributed by atoms with E-state index in [0.717, 1.165) is 5.82 Å². The zero-order valence-corrected chi connectivity index (χ0v) is 14.7. The molecular formula is C16H35BN2. The highest BCUT2D eigenvalue weighted by atomic mass is 15.5. The molecule has 1 saturated heterocycles. The zero-order chi connectivity index (χ0) is 15.0. The Bertz CT molecular complexity index is 297. The van der Waals surface area contributed by atoms with Crippen molar-refractivity contribution in [2.45, 2.75) is 84.9 Å². The lowest BCUT2D eigenvalue weighted by Crippen LogP contribution is -2.55. The molecule has 0 aliphatic carbocycles. The molecule has 1 heterocycles. The fourth-order valence-corrected chi connectivity index (χ4v) is 3.78. The molecule has 0 amide bonds. The van der Waals surface area contributed by atoms with E-state index in [1.165, 1.54) is 19.5 Å². The third-order valence-corrected chi connectivity index (χ3v) is 5.32. The molecule has 1 aliphatic heterocycles. The summed E-state index contributed by atoms with van der Waals surface area (Å²) in [7, 11) is 2.33. The van der Waals surface area contributed by atoms with Crippen molar-refractivity contribution in [1.82, 2.24) is 9.80 Å². The molecule has 0 saturated carbocycles. The Labute approximate surface area is 122 Å². The SMILES string of the molecule is BC(C)CC(C)(C)N1CCN(C(C)(C)C(C)C)C1C. The maximum absolute atomic E-state index is 2.71. The molecule has 1 aliphatic rings. The van der Waals surface area contributed by atoms with E-state index in [-0.39, 0.29) is 5.54 Å². The third-order valence-electron chi connectivity index (χ3n) is 5.32. The van der Waals surface area contributed by atoms with Crippen LogP contribution in [0, 0.1) is 5.92 Å². The lowest BCUT2D eigenvalue weighted by Gasteiger charge is -2.46. The zero-order valence-electron chi connectivity index (χ0n) is 14.7. The van der Waals surface area contributed by atoms with Gasteiger partial charge in [-0.2, -0.15) is 0 Å². The molecule has 1 rings (SSSR count). The fourth-order valence-electron chi connectivity index (χ4n) is 3.78. The van der Waals surface area contributed by atoms with Crippen molar-refractivity contribution in [1.29, 1.82) is 0 Å². The monoisotopic (exact) mass is 266 g/mol. The van der Waals surface area contributed by atoms with Gasteiger partial charge < -0.3 is 0 Å². The highest BCUT2D eigenvalue weighted by molar-refractivity contribution is 6.11. The van der Waals surface area contributed by atoms with Gasteiger partial charge in [-0.1, -0.05) is 26.6 Å². The minimum atomic E-state index is 0.280. The predicted molar refractivity (Wildman–Crippen MR) is 88.5 cm³/mol. The van der Waals surface area contributed by atoms with Gasteiger partial charge in [0, 0.05) is 24.2 Å². The first-order valence-electron chi connectivity index (χ1n) is 8.03. The summed E-state index contributed by atoms with van der Waals surface area (Å²) in [5.74, 6) is 1.44. The van der Waals surface area contributed by atoms with Gasteiger partial charge in [-0.05, 0) is 47.0 Å². The molecule has 0 radical (unpaired) electrons. The van der Waals surface area contributed by atoms with Crippen LogP contribution in [0.15, 0.2) is 0 Å². The van der Waals surface area contributed by atoms with E-state index < -0.39 is 0 Å². The van der Waals surface area contributed by atoms with E-state index in [9.17, 15) is 0 Å². The summed E-state index contributed by atoms with van der Waals surface area (Å²) in [6, 6.07) is 0. The second-order valence-corrected chi connectivity index (χ2v) is 8.24. The van der Waals surface area contributed by atoms with Crippen molar-refractivity contribution in [3.8, 4) is 0 Å². The Morgan fingerprint density at radius 1 is 1.05 bits per heavy atom. The molecule has 0 bridgehead atoms. The van der Waals surface area contributed by atoms with Crippen molar-refractivity contribution in [3.05, 3.63) is 0 Å². The fraction of sp³-hybridized carbons (Fsp3) is 1.00. The van der Waals surface area contributed by atoms with Crippen molar-refractivity contribution >= 4 is 7.85 Å². The van der Waals surface area contributed by atoms with E-state index in [4.69, 9.17) is 0 Å². The molecule has 2 atom stereocenters. The highest BCUT2D eigenvalue weighted by Gasteiger charge is 2.44. The molecule has 3 heteroatoms. The highest BCUT2D eigenvalue weighted by Crippen LogP contribution is 2.36. The molecule has 19 heavy (non-hydrogen) atoms. The maximum Gasteiger partial charge on any atom is 0.105 e. The quantitative estimate of drug-likeness (QED) is 0.706. The second-order valence-electron chi connectivity index (χ2n) is 8.24. The molecule has 0 N–H and O–H groups in total. The Morgan fingerprint density at radius 2 is 1.53 bits per heavy atom. The van der Waals surface area contributed by atoms with Crippen LogP contribution >= 0.6 is 0 Å². The first kappa shape index (κ1) is 17.0. The summed E-state index contributed by atoms with van der Waals surface area (Å²) in [5.41, 5.74) is 0.581. The van der Waals surface area contributed by atoms with E-state index in [0.29, 0.717) is 17.6 Å². The van der Waals surface area contributed by atoms with Crippen LogP contribution in [0.3, 0.4) is 0 Å². The van der Waals surface area contributed by atoms with Gasteiger partial charge in [0.25, 0.3) is 0 Å². The van der Waals surface area contributed by atoms with Crippen LogP contribution in [0.25, 0.3) is 0 Å². The number of hydrogen-bond donors (Lipinski definition) is 0. The normalized spacial score (nSPS) is 25.2. The van der Waals surface area contributed by atoms with Crippen LogP contribution in [-0.4, -0.2) is 48.0 Å². The van der Waals surface area contributed by atoms with E-state index in [1.807, 2.05) is 0 Å². The van der Waals surface area contributed by atoms with Crippen LogP contribution in [0.1, 0.15) is 61.8 Å². The summed E-state index contributed by atoms with van der Waals surface area (Å²) in [5, 5.41) is 0. The molecule has 2 unspecified atom stereocenters. The van der Waals surface area contributed by atoms with E-state index in [1.54, 1.807) is 0 Å². The van der Waals surface area contributed by atoms with Gasteiger partial charge in [0.1, 0.15) is 7.85 Å². The van der Waals surface area contributed by atoms with Gasteiger partial charge in [-0.3, -0.25) is 9.80 Å². The molecule has 0 aromatic rings. The Hall–Kier alpha value is -0.0151. The van der Waals surface area contributed by atoms with E-state index >= 15 is 0 Å². The smallest absolute Gasteiger partial charge is 0.105 e. The first-order chi connectivity index (χ1) is 8.50. The lowest BCUT2D eigenvalue weighted by atomic mass is 9.78. The van der Waals surface area contributed by atoms with Crippen LogP contribution in [-0.2, 0) is 0 Å². The predicted octanol–water partition coefficient (Wildman–Crippen LogP) is 2.99. The van der Waals surface area contributed by atoms with Gasteiger partial charge in [-0.25, -0.2) is 0 Å². The third kappa shape index (κ3) is 3.55. The van der Waals surface area contributed by atoms with Gasteiger partial charge in [-0.15, -0.1) is 0 Å². The summed E-state index contributed by atoms with van der Waals surface area (Å²) in [6.07, 6.45) is 1.82. The van der Waals surface area contributed by atoms with Gasteiger partial charge >= 0.3 is 0 Å². The molecule has 2 nitrogen and oxygen atoms in total. The molecule has 0 aromatic carbocycles. The molecule has 1 fully saturated rings. The number of hydrogen-bond acceptors (Lipinski definition) is 2. The lowest BCUT2D eigenvalue weighted by molar-refractivity contribution is -0.00392. The molecule has 0 aromatic heterocycles. The minimum Gasteiger partial charge on any atom is -0.282 e. The summed E-state index contributed by atoms with van der Waals surface area (Å²) in [4.78, 5) is 5.40. The van der Waals surface area contributed by atoms with Crippen molar-refractivity contribution in [2.24, 2.45) is 5.92 Å². The van der Waals surface area contributed by atoms with Crippen LogP contribution in [0.4, 0.5) is 0 Å². The van der Waals surface area contributed by atoms with Crippen LogP contribution < -0.4 is 0 Å². The Kier molecular flexibility index (Phi) is 5.17. The summed E-state index contributed by atoms with van der Waals surface area (Å²) >= 11 is 0. The number of rotatable bonds is 5. The first-order valence-corrected chi connectivity index (χ1v) is 8.03. The van der Waals surface area contributed by atoms with Gasteiger partial charge in [0.05, 0.1) is 6.17 Å². The average Bonchev–Trinajstić information content (AvgIpc) is 2.58. The van der Waals surface area contributed by atoms with Crippen LogP contribution in [0.2, 0.25) is 5.82 Å². The van der Waals surface area contributed by atoms with Crippen molar-refractivity contribution in [3.63, 3.8) is 0 Å². The second kappa shape index (κ2) is 5.77.